The Hall–Kier alpha value is -1.31. The van der Waals surface area contributed by atoms with Crippen LogP contribution in [0.15, 0.2) is 29.3 Å². The molecule has 2 aliphatic rings. The molecule has 2 aliphatic heterocycles. The number of nitrogens with zero attached hydrogens (tertiary/aromatic N) is 3. The van der Waals surface area contributed by atoms with Crippen LogP contribution in [0, 0.1) is 11.8 Å². The molecular weight excluding hydrogens is 463 g/mol. The lowest BCUT2D eigenvalue weighted by molar-refractivity contribution is -0.128. The number of hydrogen-bond donors (Lipinski definition) is 1. The van der Waals surface area contributed by atoms with Gasteiger partial charge in [0, 0.05) is 46.2 Å². The van der Waals surface area contributed by atoms with Gasteiger partial charge in [-0.2, -0.15) is 0 Å². The van der Waals surface area contributed by atoms with Crippen molar-refractivity contribution in [1.29, 1.82) is 0 Å². The van der Waals surface area contributed by atoms with Gasteiger partial charge in [-0.15, -0.1) is 24.0 Å². The number of likely N-dealkylation sites (tertiary alicyclic amines) is 2. The van der Waals surface area contributed by atoms with E-state index in [1.54, 1.807) is 0 Å². The van der Waals surface area contributed by atoms with Crippen molar-refractivity contribution in [2.24, 2.45) is 16.8 Å². The van der Waals surface area contributed by atoms with E-state index in [2.05, 4.69) is 53.3 Å². The molecular formula is C22H35IN4O. The zero-order valence-electron chi connectivity index (χ0n) is 17.5. The Kier molecular flexibility index (Phi) is 9.05. The number of carbonyl (C=O) groups is 1. The maximum Gasteiger partial charge on any atom is 0.222 e. The fourth-order valence-electron chi connectivity index (χ4n) is 4.33. The molecule has 1 unspecified atom stereocenters. The van der Waals surface area contributed by atoms with Gasteiger partial charge in [0.05, 0.1) is 0 Å². The first kappa shape index (κ1) is 23.0. The zero-order valence-corrected chi connectivity index (χ0v) is 19.8. The third-order valence-corrected chi connectivity index (χ3v) is 5.59. The highest BCUT2D eigenvalue weighted by molar-refractivity contribution is 14.0. The summed E-state index contributed by atoms with van der Waals surface area (Å²) in [6.07, 6.45) is 4.25. The summed E-state index contributed by atoms with van der Waals surface area (Å²) < 4.78 is 0. The van der Waals surface area contributed by atoms with Crippen LogP contribution in [0.5, 0.6) is 0 Å². The number of guanidine groups is 1. The summed E-state index contributed by atoms with van der Waals surface area (Å²) in [6.45, 7) is 9.19. The van der Waals surface area contributed by atoms with Crippen LogP contribution in [0.3, 0.4) is 0 Å². The maximum atomic E-state index is 11.9. The summed E-state index contributed by atoms with van der Waals surface area (Å²) in [5, 5.41) is 3.53. The Morgan fingerprint density at radius 1 is 1.29 bits per heavy atom. The van der Waals surface area contributed by atoms with E-state index in [0.29, 0.717) is 6.42 Å². The Morgan fingerprint density at radius 3 is 2.75 bits per heavy atom. The second-order valence-corrected chi connectivity index (χ2v) is 8.37. The lowest BCUT2D eigenvalue weighted by Crippen LogP contribution is -2.39. The molecule has 1 aromatic carbocycles. The number of nitrogens with one attached hydrogen (secondary N) is 1. The third-order valence-electron chi connectivity index (χ3n) is 5.59. The van der Waals surface area contributed by atoms with E-state index in [1.165, 1.54) is 24.0 Å². The van der Waals surface area contributed by atoms with E-state index in [1.807, 2.05) is 11.9 Å². The van der Waals surface area contributed by atoms with E-state index in [9.17, 15) is 4.79 Å². The monoisotopic (exact) mass is 498 g/mol. The molecule has 3 rings (SSSR count). The average Bonchev–Trinajstić information content (AvgIpc) is 3.25. The van der Waals surface area contributed by atoms with Crippen molar-refractivity contribution < 1.29 is 4.79 Å². The third kappa shape index (κ3) is 6.36. The average molecular weight is 498 g/mol. The van der Waals surface area contributed by atoms with Gasteiger partial charge in [0.25, 0.3) is 0 Å². The van der Waals surface area contributed by atoms with Gasteiger partial charge >= 0.3 is 0 Å². The molecule has 28 heavy (non-hydrogen) atoms. The van der Waals surface area contributed by atoms with E-state index in [0.717, 1.165) is 56.9 Å². The number of hydrogen-bond acceptors (Lipinski definition) is 2. The zero-order chi connectivity index (χ0) is 19.2. The number of amides is 1. The Balaban J connectivity index is 0.00000280. The molecule has 0 aliphatic carbocycles. The highest BCUT2D eigenvalue weighted by Gasteiger charge is 2.25. The molecule has 1 N–H and O–H groups in total. The molecule has 0 spiro atoms. The lowest BCUT2D eigenvalue weighted by atomic mass is 9.97. The van der Waals surface area contributed by atoms with Gasteiger partial charge in [0.2, 0.25) is 5.91 Å². The van der Waals surface area contributed by atoms with Gasteiger partial charge in [-0.25, -0.2) is 0 Å². The van der Waals surface area contributed by atoms with Crippen molar-refractivity contribution in [3.05, 3.63) is 35.4 Å². The van der Waals surface area contributed by atoms with Crippen LogP contribution in [0.25, 0.3) is 0 Å². The van der Waals surface area contributed by atoms with Crippen molar-refractivity contribution in [1.82, 2.24) is 15.1 Å². The fraction of sp³-hybridized carbons (Fsp3) is 0.636. The highest BCUT2D eigenvalue weighted by atomic mass is 127. The van der Waals surface area contributed by atoms with E-state index in [4.69, 9.17) is 0 Å². The summed E-state index contributed by atoms with van der Waals surface area (Å²) >= 11 is 0. The molecule has 1 atom stereocenters. The fourth-order valence-corrected chi connectivity index (χ4v) is 4.33. The number of carbonyl (C=O) groups excluding carboxylic acids is 1. The van der Waals surface area contributed by atoms with Crippen molar-refractivity contribution in [3.63, 3.8) is 0 Å². The molecule has 1 aromatic rings. The van der Waals surface area contributed by atoms with Crippen LogP contribution >= 0.6 is 24.0 Å². The quantitative estimate of drug-likeness (QED) is 0.368. The smallest absolute Gasteiger partial charge is 0.222 e. The first-order valence-electron chi connectivity index (χ1n) is 10.4. The van der Waals surface area contributed by atoms with Crippen molar-refractivity contribution in [2.75, 3.05) is 26.7 Å². The first-order valence-corrected chi connectivity index (χ1v) is 10.4. The van der Waals surface area contributed by atoms with Crippen LogP contribution in [0.2, 0.25) is 0 Å². The molecule has 6 heteroatoms. The van der Waals surface area contributed by atoms with Gasteiger partial charge in [0.1, 0.15) is 0 Å². The Labute approximate surface area is 187 Å². The summed E-state index contributed by atoms with van der Waals surface area (Å²) in [5.74, 6) is 2.82. The minimum atomic E-state index is 0. The molecule has 5 nitrogen and oxygen atoms in total. The number of aliphatic imine (C=N–C) groups is 1. The van der Waals surface area contributed by atoms with Gasteiger partial charge in [0.15, 0.2) is 5.96 Å². The SMILES string of the molecule is CN=C(NCc1cccc(CN2CCCC2=O)c1)N1CCC(CC(C)C)C1.I. The summed E-state index contributed by atoms with van der Waals surface area (Å²) in [5.41, 5.74) is 2.44. The standard InChI is InChI=1S/C22H34N4O.HI/c1-17(2)12-20-9-11-26(16-20)22(23-3)24-14-18-6-4-7-19(13-18)15-25-10-5-8-21(25)27;/h4,6-7,13,17,20H,5,8-12,14-16H2,1-3H3,(H,23,24);1H. The van der Waals surface area contributed by atoms with E-state index < -0.39 is 0 Å². The van der Waals surface area contributed by atoms with E-state index in [-0.39, 0.29) is 29.9 Å². The van der Waals surface area contributed by atoms with Crippen molar-refractivity contribution in [2.45, 2.75) is 52.6 Å². The van der Waals surface area contributed by atoms with Crippen LogP contribution in [0.4, 0.5) is 0 Å². The minimum absolute atomic E-state index is 0. The normalized spacial score (nSPS) is 20.1. The molecule has 0 saturated carbocycles. The largest absolute Gasteiger partial charge is 0.352 e. The van der Waals surface area contributed by atoms with Crippen LogP contribution < -0.4 is 5.32 Å². The predicted octanol–water partition coefficient (Wildman–Crippen LogP) is 3.87. The Morgan fingerprint density at radius 2 is 2.07 bits per heavy atom. The lowest BCUT2D eigenvalue weighted by Gasteiger charge is -2.22. The molecule has 0 radical (unpaired) electrons. The van der Waals surface area contributed by atoms with Gasteiger partial charge < -0.3 is 15.1 Å². The summed E-state index contributed by atoms with van der Waals surface area (Å²) in [6, 6.07) is 8.55. The molecule has 2 saturated heterocycles. The summed E-state index contributed by atoms with van der Waals surface area (Å²) in [7, 11) is 1.87. The van der Waals surface area contributed by atoms with E-state index >= 15 is 0 Å². The highest BCUT2D eigenvalue weighted by Crippen LogP contribution is 2.23. The van der Waals surface area contributed by atoms with Gasteiger partial charge in [-0.1, -0.05) is 38.1 Å². The van der Waals surface area contributed by atoms with Crippen LogP contribution in [0.1, 0.15) is 50.7 Å². The van der Waals surface area contributed by atoms with Gasteiger partial charge in [-0.3, -0.25) is 9.79 Å². The second kappa shape index (κ2) is 11.0. The van der Waals surface area contributed by atoms with Crippen LogP contribution in [-0.2, 0) is 17.9 Å². The Bertz CT molecular complexity index is 676. The summed E-state index contributed by atoms with van der Waals surface area (Å²) in [4.78, 5) is 20.7. The molecule has 1 amide bonds. The van der Waals surface area contributed by atoms with Crippen molar-refractivity contribution >= 4 is 35.8 Å². The second-order valence-electron chi connectivity index (χ2n) is 8.37. The topological polar surface area (TPSA) is 47.9 Å². The van der Waals surface area contributed by atoms with Gasteiger partial charge in [-0.05, 0) is 42.2 Å². The van der Waals surface area contributed by atoms with Crippen molar-refractivity contribution in [3.8, 4) is 0 Å². The predicted molar refractivity (Wildman–Crippen MR) is 126 cm³/mol. The van der Waals surface area contributed by atoms with Crippen LogP contribution in [-0.4, -0.2) is 48.3 Å². The first-order chi connectivity index (χ1) is 13.0. The minimum Gasteiger partial charge on any atom is -0.352 e. The molecule has 0 bridgehead atoms. The number of rotatable bonds is 6. The number of halogens is 1. The molecule has 156 valence electrons. The molecule has 2 fully saturated rings. The molecule has 0 aromatic heterocycles. The number of benzene rings is 1. The maximum absolute atomic E-state index is 11.9. The molecule has 2 heterocycles.